The molecule has 0 heteroatoms. The first-order valence-corrected chi connectivity index (χ1v) is 5.64. The van der Waals surface area contributed by atoms with Crippen LogP contribution < -0.4 is 0 Å². The van der Waals surface area contributed by atoms with E-state index in [0.29, 0.717) is 0 Å². The first-order chi connectivity index (χ1) is 5.64. The maximum atomic E-state index is 2.37. The summed E-state index contributed by atoms with van der Waals surface area (Å²) in [6.45, 7) is 7.05. The van der Waals surface area contributed by atoms with E-state index in [-0.39, 0.29) is 0 Å². The molecule has 0 aromatic carbocycles. The van der Waals surface area contributed by atoms with E-state index >= 15 is 0 Å². The van der Waals surface area contributed by atoms with Gasteiger partial charge in [0.2, 0.25) is 0 Å². The molecule has 0 aromatic rings. The number of fused-ring (bicyclic) bond motifs is 1. The molecule has 0 N–H and O–H groups in total. The van der Waals surface area contributed by atoms with Crippen molar-refractivity contribution in [3.05, 3.63) is 0 Å². The molecule has 2 saturated carbocycles. The van der Waals surface area contributed by atoms with Crippen molar-refractivity contribution >= 4 is 0 Å². The molecular formula is C12H22. The van der Waals surface area contributed by atoms with Crippen LogP contribution in [0.1, 0.15) is 59.3 Å². The molecule has 0 unspecified atom stereocenters. The van der Waals surface area contributed by atoms with Crippen molar-refractivity contribution in [3.8, 4) is 0 Å². The van der Waals surface area contributed by atoms with Crippen LogP contribution in [-0.2, 0) is 0 Å². The van der Waals surface area contributed by atoms with E-state index < -0.39 is 0 Å². The molecule has 12 heavy (non-hydrogen) atoms. The fourth-order valence-corrected chi connectivity index (χ4v) is 3.07. The first-order valence-electron chi connectivity index (χ1n) is 5.64. The molecule has 0 aliphatic heterocycles. The van der Waals surface area contributed by atoms with E-state index in [1.807, 2.05) is 0 Å². The number of rotatable bonds is 5. The van der Waals surface area contributed by atoms with Gasteiger partial charge in [-0.15, -0.1) is 0 Å². The summed E-state index contributed by atoms with van der Waals surface area (Å²) in [6.07, 6.45) is 9.08. The van der Waals surface area contributed by atoms with Gasteiger partial charge < -0.3 is 0 Å². The molecule has 2 rings (SSSR count). The van der Waals surface area contributed by atoms with Gasteiger partial charge in [-0.25, -0.2) is 0 Å². The Bertz CT molecular complexity index is 172. The molecule has 0 radical (unpaired) electrons. The SMILES string of the molecule is CCC12CC1(CCCC(C)C)C2. The monoisotopic (exact) mass is 166 g/mol. The van der Waals surface area contributed by atoms with Crippen molar-refractivity contribution in [3.63, 3.8) is 0 Å². The molecule has 2 aliphatic carbocycles. The van der Waals surface area contributed by atoms with Crippen molar-refractivity contribution in [2.75, 3.05) is 0 Å². The van der Waals surface area contributed by atoms with E-state index in [1.165, 1.54) is 19.3 Å². The highest BCUT2D eigenvalue weighted by Crippen LogP contribution is 2.89. The standard InChI is InChI=1S/C12H22/c1-4-11-8-12(11,9-11)7-5-6-10(2)3/h10H,4-9H2,1-3H3. The maximum Gasteiger partial charge on any atom is -0.0230 e. The predicted molar refractivity (Wildman–Crippen MR) is 53.1 cm³/mol. The lowest BCUT2D eigenvalue weighted by atomic mass is 10.0. The average molecular weight is 166 g/mol. The smallest absolute Gasteiger partial charge is 0.0230 e. The van der Waals surface area contributed by atoms with Gasteiger partial charge in [0.1, 0.15) is 0 Å². The first kappa shape index (κ1) is 8.59. The Morgan fingerprint density at radius 2 is 1.83 bits per heavy atom. The third kappa shape index (κ3) is 1.11. The largest absolute Gasteiger partial charge is 0.0648 e. The quantitative estimate of drug-likeness (QED) is 0.579. The summed E-state index contributed by atoms with van der Waals surface area (Å²) in [5.41, 5.74) is 1.79. The van der Waals surface area contributed by atoms with Crippen LogP contribution in [0.2, 0.25) is 0 Å². The van der Waals surface area contributed by atoms with Crippen molar-refractivity contribution in [2.45, 2.75) is 59.3 Å². The Hall–Kier alpha value is 0. The van der Waals surface area contributed by atoms with Crippen molar-refractivity contribution in [2.24, 2.45) is 16.7 Å². The third-order valence-corrected chi connectivity index (χ3v) is 4.34. The highest BCUT2D eigenvalue weighted by Gasteiger charge is 2.80. The highest BCUT2D eigenvalue weighted by molar-refractivity contribution is 5.29. The Kier molecular flexibility index (Phi) is 1.79. The molecule has 0 spiro atoms. The van der Waals surface area contributed by atoms with Crippen LogP contribution in [0.25, 0.3) is 0 Å². The second-order valence-corrected chi connectivity index (χ2v) is 5.55. The Balaban J connectivity index is 1.65. The zero-order chi connectivity index (χ0) is 8.82. The Labute approximate surface area is 76.7 Å². The predicted octanol–water partition coefficient (Wildman–Crippen LogP) is 4.00. The molecule has 2 aliphatic rings. The van der Waals surface area contributed by atoms with E-state index in [2.05, 4.69) is 20.8 Å². The fourth-order valence-electron chi connectivity index (χ4n) is 3.07. The minimum atomic E-state index is 0.893. The lowest BCUT2D eigenvalue weighted by Gasteiger charge is -2.04. The van der Waals surface area contributed by atoms with Gasteiger partial charge in [0.25, 0.3) is 0 Å². The molecule has 0 aromatic heterocycles. The summed E-state index contributed by atoms with van der Waals surface area (Å²) in [6, 6.07) is 0. The summed E-state index contributed by atoms with van der Waals surface area (Å²) >= 11 is 0. The van der Waals surface area contributed by atoms with Gasteiger partial charge in [-0.2, -0.15) is 0 Å². The zero-order valence-corrected chi connectivity index (χ0v) is 8.82. The molecule has 0 bridgehead atoms. The fraction of sp³-hybridized carbons (Fsp3) is 1.00. The minimum Gasteiger partial charge on any atom is -0.0648 e. The van der Waals surface area contributed by atoms with Crippen LogP contribution in [0.5, 0.6) is 0 Å². The summed E-state index contributed by atoms with van der Waals surface area (Å²) in [7, 11) is 0. The number of hydrogen-bond acceptors (Lipinski definition) is 0. The molecule has 70 valence electrons. The lowest BCUT2D eigenvalue weighted by Crippen LogP contribution is -1.91. The summed E-state index contributed by atoms with van der Waals surface area (Å²) in [4.78, 5) is 0. The molecule has 0 amide bonds. The van der Waals surface area contributed by atoms with Gasteiger partial charge in [0, 0.05) is 0 Å². The van der Waals surface area contributed by atoms with Crippen LogP contribution in [0, 0.1) is 16.7 Å². The van der Waals surface area contributed by atoms with Crippen molar-refractivity contribution in [1.29, 1.82) is 0 Å². The van der Waals surface area contributed by atoms with Gasteiger partial charge in [0.15, 0.2) is 0 Å². The number of hydrogen-bond donors (Lipinski definition) is 0. The maximum absolute atomic E-state index is 2.37. The molecule has 2 fully saturated rings. The van der Waals surface area contributed by atoms with Crippen LogP contribution >= 0.6 is 0 Å². The molecule has 0 saturated heterocycles. The van der Waals surface area contributed by atoms with Crippen LogP contribution in [0.15, 0.2) is 0 Å². The molecule has 0 atom stereocenters. The second-order valence-electron chi connectivity index (χ2n) is 5.55. The molecule has 0 heterocycles. The van der Waals surface area contributed by atoms with E-state index in [4.69, 9.17) is 0 Å². The van der Waals surface area contributed by atoms with E-state index in [0.717, 1.165) is 16.7 Å². The Morgan fingerprint density at radius 1 is 1.17 bits per heavy atom. The summed E-state index contributed by atoms with van der Waals surface area (Å²) < 4.78 is 0. The van der Waals surface area contributed by atoms with Gasteiger partial charge in [0.05, 0.1) is 0 Å². The molecular weight excluding hydrogens is 144 g/mol. The zero-order valence-electron chi connectivity index (χ0n) is 8.82. The second kappa shape index (κ2) is 2.49. The van der Waals surface area contributed by atoms with E-state index in [1.54, 1.807) is 19.3 Å². The third-order valence-electron chi connectivity index (χ3n) is 4.34. The van der Waals surface area contributed by atoms with Gasteiger partial charge in [-0.3, -0.25) is 0 Å². The highest BCUT2D eigenvalue weighted by atomic mass is 14.8. The van der Waals surface area contributed by atoms with Crippen LogP contribution in [0.3, 0.4) is 0 Å². The Morgan fingerprint density at radius 3 is 2.25 bits per heavy atom. The van der Waals surface area contributed by atoms with Crippen molar-refractivity contribution < 1.29 is 0 Å². The topological polar surface area (TPSA) is 0 Å². The van der Waals surface area contributed by atoms with Gasteiger partial charge >= 0.3 is 0 Å². The van der Waals surface area contributed by atoms with E-state index in [9.17, 15) is 0 Å². The minimum absolute atomic E-state index is 0.893. The normalized spacial score (nSPS) is 43.0. The summed E-state index contributed by atoms with van der Waals surface area (Å²) in [5, 5.41) is 0. The molecule has 0 nitrogen and oxygen atoms in total. The van der Waals surface area contributed by atoms with Gasteiger partial charge in [-0.1, -0.05) is 33.6 Å². The van der Waals surface area contributed by atoms with Gasteiger partial charge in [-0.05, 0) is 42.4 Å². The van der Waals surface area contributed by atoms with Crippen LogP contribution in [-0.4, -0.2) is 0 Å². The lowest BCUT2D eigenvalue weighted by molar-refractivity contribution is 0.480. The van der Waals surface area contributed by atoms with Crippen LogP contribution in [0.4, 0.5) is 0 Å². The van der Waals surface area contributed by atoms with Crippen molar-refractivity contribution in [1.82, 2.24) is 0 Å². The summed E-state index contributed by atoms with van der Waals surface area (Å²) in [5.74, 6) is 0.912. The average Bonchev–Trinajstić information content (AvgIpc) is 2.73.